The Kier molecular flexibility index (Phi) is 6.23. The number of carbonyl (C=O) groups excluding carboxylic acids is 1. The van der Waals surface area contributed by atoms with E-state index < -0.39 is 23.9 Å². The van der Waals surface area contributed by atoms with E-state index in [2.05, 4.69) is 0 Å². The van der Waals surface area contributed by atoms with Crippen molar-refractivity contribution in [3.8, 4) is 0 Å². The number of aliphatic carboxylic acids is 2. The molecule has 17 heavy (non-hydrogen) atoms. The molecule has 0 aromatic carbocycles. The Hall–Kier alpha value is -1.59. The second-order valence-corrected chi connectivity index (χ2v) is 3.90. The summed E-state index contributed by atoms with van der Waals surface area (Å²) in [5.74, 6) is -3.27. The maximum Gasteiger partial charge on any atom is 0.326 e. The first kappa shape index (κ1) is 15.4. The largest absolute Gasteiger partial charge is 0.481 e. The van der Waals surface area contributed by atoms with Crippen LogP contribution < -0.4 is 0 Å². The third-order valence-electron chi connectivity index (χ3n) is 2.56. The van der Waals surface area contributed by atoms with Crippen molar-refractivity contribution in [2.75, 3.05) is 6.54 Å². The Balaban J connectivity index is 4.92. The Morgan fingerprint density at radius 2 is 1.65 bits per heavy atom. The van der Waals surface area contributed by atoms with Crippen LogP contribution in [0.15, 0.2) is 0 Å². The third kappa shape index (κ3) is 4.42. The fourth-order valence-corrected chi connectivity index (χ4v) is 1.51. The van der Waals surface area contributed by atoms with Gasteiger partial charge in [-0.25, -0.2) is 4.79 Å². The van der Waals surface area contributed by atoms with Gasteiger partial charge < -0.3 is 15.1 Å². The highest BCUT2D eigenvalue weighted by atomic mass is 16.4. The van der Waals surface area contributed by atoms with Gasteiger partial charge in [0.05, 0.1) is 5.92 Å². The molecule has 1 amide bonds. The van der Waals surface area contributed by atoms with Gasteiger partial charge in [-0.15, -0.1) is 0 Å². The fraction of sp³-hybridized carbons (Fsp3) is 0.727. The SMILES string of the molecule is CCC(=O)N(CC(C)C(=O)O)C(CC)C(=O)O. The van der Waals surface area contributed by atoms with Gasteiger partial charge in [0.2, 0.25) is 5.91 Å². The van der Waals surface area contributed by atoms with Gasteiger partial charge in [-0.3, -0.25) is 9.59 Å². The number of rotatable bonds is 7. The first-order valence-electron chi connectivity index (χ1n) is 5.60. The predicted octanol–water partition coefficient (Wildman–Crippen LogP) is 0.809. The molecule has 6 nitrogen and oxygen atoms in total. The van der Waals surface area contributed by atoms with E-state index in [1.165, 1.54) is 6.92 Å². The van der Waals surface area contributed by atoms with Gasteiger partial charge in [0.1, 0.15) is 6.04 Å². The highest BCUT2D eigenvalue weighted by Crippen LogP contribution is 2.11. The van der Waals surface area contributed by atoms with Gasteiger partial charge in [-0.2, -0.15) is 0 Å². The standard InChI is InChI=1S/C11H19NO5/c1-4-8(11(16)17)12(9(13)5-2)6-7(3)10(14)15/h7-8H,4-6H2,1-3H3,(H,14,15)(H,16,17). The average molecular weight is 245 g/mol. The van der Waals surface area contributed by atoms with Crippen LogP contribution in [-0.4, -0.2) is 45.5 Å². The summed E-state index contributed by atoms with van der Waals surface area (Å²) in [6, 6.07) is -0.954. The van der Waals surface area contributed by atoms with Crippen LogP contribution in [0.25, 0.3) is 0 Å². The molecule has 0 saturated carbocycles. The monoisotopic (exact) mass is 245 g/mol. The number of hydrogen-bond donors (Lipinski definition) is 2. The van der Waals surface area contributed by atoms with Gasteiger partial charge in [-0.1, -0.05) is 20.8 Å². The minimum absolute atomic E-state index is 0.0766. The minimum Gasteiger partial charge on any atom is -0.481 e. The van der Waals surface area contributed by atoms with Crippen molar-refractivity contribution in [1.82, 2.24) is 4.90 Å². The quantitative estimate of drug-likeness (QED) is 0.692. The van der Waals surface area contributed by atoms with Crippen molar-refractivity contribution in [3.63, 3.8) is 0 Å². The summed E-state index contributed by atoms with van der Waals surface area (Å²) < 4.78 is 0. The van der Waals surface area contributed by atoms with Crippen LogP contribution in [-0.2, 0) is 14.4 Å². The molecule has 0 radical (unpaired) electrons. The summed E-state index contributed by atoms with van der Waals surface area (Å²) in [4.78, 5) is 34.5. The zero-order valence-electron chi connectivity index (χ0n) is 10.3. The number of carboxylic acid groups (broad SMARTS) is 2. The smallest absolute Gasteiger partial charge is 0.326 e. The average Bonchev–Trinajstić information content (AvgIpc) is 2.26. The molecule has 98 valence electrons. The van der Waals surface area contributed by atoms with E-state index in [1.54, 1.807) is 13.8 Å². The fourth-order valence-electron chi connectivity index (χ4n) is 1.51. The number of nitrogens with zero attached hydrogens (tertiary/aromatic N) is 1. The van der Waals surface area contributed by atoms with Crippen molar-refractivity contribution >= 4 is 17.8 Å². The molecule has 0 aromatic rings. The lowest BCUT2D eigenvalue weighted by molar-refractivity contribution is -0.153. The van der Waals surface area contributed by atoms with Gasteiger partial charge in [0.15, 0.2) is 0 Å². The zero-order valence-corrected chi connectivity index (χ0v) is 10.3. The van der Waals surface area contributed by atoms with Gasteiger partial charge in [-0.05, 0) is 6.42 Å². The first-order chi connectivity index (χ1) is 7.84. The van der Waals surface area contributed by atoms with E-state index in [9.17, 15) is 14.4 Å². The van der Waals surface area contributed by atoms with E-state index in [4.69, 9.17) is 10.2 Å². The summed E-state index contributed by atoms with van der Waals surface area (Å²) in [5.41, 5.74) is 0. The second-order valence-electron chi connectivity index (χ2n) is 3.90. The summed E-state index contributed by atoms with van der Waals surface area (Å²) >= 11 is 0. The van der Waals surface area contributed by atoms with E-state index in [-0.39, 0.29) is 25.3 Å². The van der Waals surface area contributed by atoms with E-state index in [0.717, 1.165) is 4.90 Å². The zero-order chi connectivity index (χ0) is 13.6. The number of hydrogen-bond acceptors (Lipinski definition) is 3. The minimum atomic E-state index is -1.10. The van der Waals surface area contributed by atoms with Crippen LogP contribution in [0, 0.1) is 5.92 Å². The maximum absolute atomic E-state index is 11.6. The Morgan fingerprint density at radius 1 is 1.12 bits per heavy atom. The molecule has 0 aliphatic carbocycles. The van der Waals surface area contributed by atoms with Crippen LogP contribution in [0.3, 0.4) is 0 Å². The molecule has 0 spiro atoms. The summed E-state index contributed by atoms with van der Waals surface area (Å²) in [6.07, 6.45) is 0.420. The number of carboxylic acids is 2. The van der Waals surface area contributed by atoms with Gasteiger partial charge >= 0.3 is 11.9 Å². The molecule has 6 heteroatoms. The highest BCUT2D eigenvalue weighted by Gasteiger charge is 2.29. The molecule has 0 aromatic heterocycles. The Bertz CT molecular complexity index is 302. The summed E-state index contributed by atoms with van der Waals surface area (Å²) in [7, 11) is 0. The lowest BCUT2D eigenvalue weighted by Gasteiger charge is -2.29. The molecule has 0 aliphatic rings. The van der Waals surface area contributed by atoms with Crippen LogP contribution in [0.2, 0.25) is 0 Å². The molecule has 0 rings (SSSR count). The van der Waals surface area contributed by atoms with E-state index in [1.807, 2.05) is 0 Å². The van der Waals surface area contributed by atoms with Crippen LogP contribution in [0.5, 0.6) is 0 Å². The van der Waals surface area contributed by atoms with E-state index in [0.29, 0.717) is 0 Å². The van der Waals surface area contributed by atoms with Crippen molar-refractivity contribution in [1.29, 1.82) is 0 Å². The molecular weight excluding hydrogens is 226 g/mol. The third-order valence-corrected chi connectivity index (χ3v) is 2.56. The molecule has 2 N–H and O–H groups in total. The lowest BCUT2D eigenvalue weighted by Crippen LogP contribution is -2.47. The summed E-state index contributed by atoms with van der Waals surface area (Å²) in [6.45, 7) is 4.65. The number of carbonyl (C=O) groups is 3. The maximum atomic E-state index is 11.6. The van der Waals surface area contributed by atoms with Crippen molar-refractivity contribution < 1.29 is 24.6 Å². The van der Waals surface area contributed by atoms with Crippen molar-refractivity contribution in [3.05, 3.63) is 0 Å². The molecule has 2 atom stereocenters. The normalized spacial score (nSPS) is 13.8. The second kappa shape index (κ2) is 6.88. The number of amides is 1. The molecular formula is C11H19NO5. The van der Waals surface area contributed by atoms with Crippen LogP contribution >= 0.6 is 0 Å². The van der Waals surface area contributed by atoms with Gasteiger partial charge in [0.25, 0.3) is 0 Å². The Morgan fingerprint density at radius 3 is 1.94 bits per heavy atom. The molecule has 2 unspecified atom stereocenters. The molecule has 0 fully saturated rings. The van der Waals surface area contributed by atoms with E-state index >= 15 is 0 Å². The first-order valence-corrected chi connectivity index (χ1v) is 5.60. The Labute approximate surface area is 100 Å². The summed E-state index contributed by atoms with van der Waals surface area (Å²) in [5, 5.41) is 17.8. The molecule has 0 saturated heterocycles. The highest BCUT2D eigenvalue weighted by molar-refractivity contribution is 5.84. The topological polar surface area (TPSA) is 94.9 Å². The van der Waals surface area contributed by atoms with Crippen molar-refractivity contribution in [2.24, 2.45) is 5.92 Å². The predicted molar refractivity (Wildman–Crippen MR) is 60.5 cm³/mol. The lowest BCUT2D eigenvalue weighted by atomic mass is 10.1. The molecule has 0 heterocycles. The van der Waals surface area contributed by atoms with Crippen molar-refractivity contribution in [2.45, 2.75) is 39.7 Å². The van der Waals surface area contributed by atoms with Crippen LogP contribution in [0.1, 0.15) is 33.6 Å². The van der Waals surface area contributed by atoms with Crippen LogP contribution in [0.4, 0.5) is 0 Å². The van der Waals surface area contributed by atoms with Gasteiger partial charge in [0, 0.05) is 13.0 Å². The molecule has 0 bridgehead atoms. The molecule has 0 aliphatic heterocycles.